The van der Waals surface area contributed by atoms with Gasteiger partial charge in [-0.15, -0.1) is 0 Å². The highest BCUT2D eigenvalue weighted by molar-refractivity contribution is 7.07. The van der Waals surface area contributed by atoms with E-state index in [1.807, 2.05) is 11.4 Å². The molecule has 1 fully saturated rings. The third-order valence-electron chi connectivity index (χ3n) is 3.27. The predicted molar refractivity (Wildman–Crippen MR) is 85.1 cm³/mol. The second-order valence-electron chi connectivity index (χ2n) is 5.22. The van der Waals surface area contributed by atoms with Gasteiger partial charge in [0.1, 0.15) is 17.5 Å². The first kappa shape index (κ1) is 14.1. The summed E-state index contributed by atoms with van der Waals surface area (Å²) in [7, 11) is 0. The molecule has 112 valence electrons. The highest BCUT2D eigenvalue weighted by Gasteiger charge is 2.27. The van der Waals surface area contributed by atoms with Gasteiger partial charge in [-0.1, -0.05) is 18.3 Å². The SMILES string of the molecule is CCCNc1cc(NCc2csc(=O)[nH]2)nc(C2CC2)n1. The zero-order chi connectivity index (χ0) is 14.7. The molecule has 0 saturated heterocycles. The molecule has 3 rings (SSSR count). The summed E-state index contributed by atoms with van der Waals surface area (Å²) < 4.78 is 0. The maximum Gasteiger partial charge on any atom is 0.304 e. The minimum atomic E-state index is -0.0292. The summed E-state index contributed by atoms with van der Waals surface area (Å²) in [4.78, 5) is 23.0. The van der Waals surface area contributed by atoms with Crippen molar-refractivity contribution < 1.29 is 0 Å². The Hall–Kier alpha value is -1.89. The zero-order valence-corrected chi connectivity index (χ0v) is 12.8. The molecule has 1 aliphatic rings. The van der Waals surface area contributed by atoms with Crippen molar-refractivity contribution >= 4 is 23.0 Å². The van der Waals surface area contributed by atoms with Crippen LogP contribution in [-0.2, 0) is 6.54 Å². The number of rotatable bonds is 7. The highest BCUT2D eigenvalue weighted by Crippen LogP contribution is 2.38. The van der Waals surface area contributed by atoms with Crippen LogP contribution in [0.15, 0.2) is 16.2 Å². The second kappa shape index (κ2) is 6.26. The predicted octanol–water partition coefficient (Wildman–Crippen LogP) is 2.54. The van der Waals surface area contributed by atoms with Gasteiger partial charge in [0.25, 0.3) is 0 Å². The summed E-state index contributed by atoms with van der Waals surface area (Å²) in [6, 6.07) is 1.92. The standard InChI is InChI=1S/C14H19N5OS/c1-2-5-15-11-6-12(19-13(18-11)9-3-4-9)16-7-10-8-21-14(20)17-10/h6,8-9H,2-5,7H2,1H3,(H,17,20)(H2,15,16,18,19). The maximum absolute atomic E-state index is 11.1. The van der Waals surface area contributed by atoms with Gasteiger partial charge in [0, 0.05) is 29.6 Å². The van der Waals surface area contributed by atoms with Gasteiger partial charge in [-0.25, -0.2) is 9.97 Å². The molecule has 0 bridgehead atoms. The van der Waals surface area contributed by atoms with Crippen LogP contribution in [0.1, 0.15) is 43.6 Å². The fourth-order valence-corrected chi connectivity index (χ4v) is 2.59. The summed E-state index contributed by atoms with van der Waals surface area (Å²) in [6.45, 7) is 3.59. The molecule has 1 aliphatic carbocycles. The maximum atomic E-state index is 11.1. The van der Waals surface area contributed by atoms with Crippen molar-refractivity contribution in [2.45, 2.75) is 38.6 Å². The molecule has 1 saturated carbocycles. The van der Waals surface area contributed by atoms with E-state index in [9.17, 15) is 4.79 Å². The van der Waals surface area contributed by atoms with E-state index in [1.54, 1.807) is 0 Å². The molecule has 0 unspecified atom stereocenters. The van der Waals surface area contributed by atoms with Crippen LogP contribution in [0.2, 0.25) is 0 Å². The quantitative estimate of drug-likeness (QED) is 0.732. The number of nitrogens with one attached hydrogen (secondary N) is 3. The number of anilines is 2. The van der Waals surface area contributed by atoms with E-state index in [-0.39, 0.29) is 4.87 Å². The van der Waals surface area contributed by atoms with Crippen LogP contribution in [0.3, 0.4) is 0 Å². The van der Waals surface area contributed by atoms with E-state index in [1.165, 1.54) is 24.2 Å². The van der Waals surface area contributed by atoms with Crippen LogP contribution in [-0.4, -0.2) is 21.5 Å². The first-order valence-electron chi connectivity index (χ1n) is 7.28. The van der Waals surface area contributed by atoms with Crippen LogP contribution in [0.4, 0.5) is 11.6 Å². The number of hydrogen-bond donors (Lipinski definition) is 3. The van der Waals surface area contributed by atoms with Gasteiger partial charge in [-0.3, -0.25) is 4.79 Å². The summed E-state index contributed by atoms with van der Waals surface area (Å²) in [6.07, 6.45) is 3.41. The van der Waals surface area contributed by atoms with Crippen molar-refractivity contribution in [3.8, 4) is 0 Å². The second-order valence-corrected chi connectivity index (χ2v) is 6.07. The molecule has 21 heavy (non-hydrogen) atoms. The highest BCUT2D eigenvalue weighted by atomic mass is 32.1. The van der Waals surface area contributed by atoms with E-state index in [0.717, 1.165) is 36.1 Å². The molecule has 0 radical (unpaired) electrons. The Morgan fingerprint density at radius 2 is 2.10 bits per heavy atom. The van der Waals surface area contributed by atoms with E-state index in [4.69, 9.17) is 0 Å². The average Bonchev–Trinajstić information content (AvgIpc) is 3.26. The number of aromatic amines is 1. The molecular formula is C14H19N5OS. The summed E-state index contributed by atoms with van der Waals surface area (Å²) in [5.41, 5.74) is 0.875. The smallest absolute Gasteiger partial charge is 0.304 e. The summed E-state index contributed by atoms with van der Waals surface area (Å²) in [5.74, 6) is 3.10. The van der Waals surface area contributed by atoms with Crippen molar-refractivity contribution in [1.82, 2.24) is 15.0 Å². The van der Waals surface area contributed by atoms with Gasteiger partial charge in [-0.05, 0) is 19.3 Å². The number of H-pyrrole nitrogens is 1. The monoisotopic (exact) mass is 305 g/mol. The van der Waals surface area contributed by atoms with Gasteiger partial charge in [0.15, 0.2) is 0 Å². The molecule has 2 aromatic heterocycles. The Morgan fingerprint density at radius 1 is 1.33 bits per heavy atom. The Balaban J connectivity index is 1.72. The van der Waals surface area contributed by atoms with Crippen molar-refractivity contribution in [2.24, 2.45) is 0 Å². The molecule has 0 aliphatic heterocycles. The Morgan fingerprint density at radius 3 is 2.71 bits per heavy atom. The third kappa shape index (κ3) is 3.81. The Bertz CT molecular complexity index is 661. The Labute approximate surface area is 127 Å². The summed E-state index contributed by atoms with van der Waals surface area (Å²) >= 11 is 1.18. The molecule has 2 heterocycles. The number of nitrogens with zero attached hydrogens (tertiary/aromatic N) is 2. The normalized spacial score (nSPS) is 14.1. The van der Waals surface area contributed by atoms with Crippen LogP contribution < -0.4 is 15.5 Å². The van der Waals surface area contributed by atoms with E-state index in [0.29, 0.717) is 12.5 Å². The molecule has 2 aromatic rings. The third-order valence-corrected chi connectivity index (χ3v) is 3.99. The number of aromatic nitrogens is 3. The first-order valence-corrected chi connectivity index (χ1v) is 8.16. The number of thiazole rings is 1. The molecule has 0 amide bonds. The molecule has 0 aromatic carbocycles. The van der Waals surface area contributed by atoms with E-state index >= 15 is 0 Å². The lowest BCUT2D eigenvalue weighted by Crippen LogP contribution is -2.09. The van der Waals surface area contributed by atoms with Crippen molar-refractivity contribution in [2.75, 3.05) is 17.2 Å². The lowest BCUT2D eigenvalue weighted by Gasteiger charge is -2.10. The van der Waals surface area contributed by atoms with Crippen molar-refractivity contribution in [1.29, 1.82) is 0 Å². The molecule has 0 atom stereocenters. The lowest BCUT2D eigenvalue weighted by atomic mass is 10.3. The van der Waals surface area contributed by atoms with Crippen LogP contribution in [0.25, 0.3) is 0 Å². The van der Waals surface area contributed by atoms with E-state index < -0.39 is 0 Å². The largest absolute Gasteiger partial charge is 0.370 e. The van der Waals surface area contributed by atoms with Crippen LogP contribution >= 0.6 is 11.3 Å². The van der Waals surface area contributed by atoms with Gasteiger partial charge in [0.2, 0.25) is 0 Å². The minimum absolute atomic E-state index is 0.0292. The van der Waals surface area contributed by atoms with Crippen LogP contribution in [0, 0.1) is 0 Å². The average molecular weight is 305 g/mol. The molecule has 6 nitrogen and oxygen atoms in total. The van der Waals surface area contributed by atoms with E-state index in [2.05, 4.69) is 32.5 Å². The van der Waals surface area contributed by atoms with Gasteiger partial charge >= 0.3 is 4.87 Å². The minimum Gasteiger partial charge on any atom is -0.370 e. The van der Waals surface area contributed by atoms with Gasteiger partial charge in [-0.2, -0.15) is 0 Å². The summed E-state index contributed by atoms with van der Waals surface area (Å²) in [5, 5.41) is 8.40. The molecular weight excluding hydrogens is 286 g/mol. The fourth-order valence-electron chi connectivity index (χ4n) is 2.01. The Kier molecular flexibility index (Phi) is 4.19. The van der Waals surface area contributed by atoms with Crippen LogP contribution in [0.5, 0.6) is 0 Å². The number of hydrogen-bond acceptors (Lipinski definition) is 6. The van der Waals surface area contributed by atoms with Crippen molar-refractivity contribution in [3.63, 3.8) is 0 Å². The molecule has 0 spiro atoms. The van der Waals surface area contributed by atoms with Crippen molar-refractivity contribution in [3.05, 3.63) is 32.6 Å². The van der Waals surface area contributed by atoms with Gasteiger partial charge < -0.3 is 15.6 Å². The topological polar surface area (TPSA) is 82.7 Å². The first-order chi connectivity index (χ1) is 10.2. The zero-order valence-electron chi connectivity index (χ0n) is 12.0. The molecule has 3 N–H and O–H groups in total. The van der Waals surface area contributed by atoms with Gasteiger partial charge in [0.05, 0.1) is 6.54 Å². The fraction of sp³-hybridized carbons (Fsp3) is 0.500. The molecule has 7 heteroatoms. The lowest BCUT2D eigenvalue weighted by molar-refractivity contribution is 0.902.